The number of benzene rings is 2. The summed E-state index contributed by atoms with van der Waals surface area (Å²) in [6.45, 7) is 6.58. The number of hydrogen-bond acceptors (Lipinski definition) is 0. The first kappa shape index (κ1) is 11.5. The van der Waals surface area contributed by atoms with Crippen molar-refractivity contribution >= 4 is 0 Å². The highest BCUT2D eigenvalue weighted by Gasteiger charge is 2.17. The van der Waals surface area contributed by atoms with E-state index in [4.69, 9.17) is 0 Å². The first-order valence-electron chi connectivity index (χ1n) is 6.80. The zero-order chi connectivity index (χ0) is 12.7. The Morgan fingerprint density at radius 2 is 1.44 bits per heavy atom. The molecule has 0 nitrogen and oxygen atoms in total. The van der Waals surface area contributed by atoms with Crippen LogP contribution in [0, 0.1) is 20.8 Å². The molecule has 0 aliphatic heterocycles. The molecule has 1 aliphatic rings. The van der Waals surface area contributed by atoms with Crippen LogP contribution in [0.2, 0.25) is 0 Å². The summed E-state index contributed by atoms with van der Waals surface area (Å²) in [7, 11) is 0. The molecule has 0 spiro atoms. The second kappa shape index (κ2) is 4.28. The van der Waals surface area contributed by atoms with Gasteiger partial charge in [-0.2, -0.15) is 0 Å². The fraction of sp³-hybridized carbons (Fsp3) is 0.333. The molecule has 0 aromatic heterocycles. The predicted molar refractivity (Wildman–Crippen MR) is 77.3 cm³/mol. The van der Waals surface area contributed by atoms with E-state index >= 15 is 0 Å². The minimum atomic E-state index is 1.09. The van der Waals surface area contributed by atoms with Crippen LogP contribution in [0.5, 0.6) is 0 Å². The Balaban J connectivity index is 1.97. The summed E-state index contributed by atoms with van der Waals surface area (Å²) in [5.41, 5.74) is 10.3. The molecule has 2 aromatic carbocycles. The largest absolute Gasteiger partial charge is 0.0564 e. The monoisotopic (exact) mass is 236 g/mol. The third-order valence-electron chi connectivity index (χ3n) is 3.90. The normalized spacial score (nSPS) is 13.1. The van der Waals surface area contributed by atoms with Crippen molar-refractivity contribution in [2.45, 2.75) is 40.0 Å². The van der Waals surface area contributed by atoms with Gasteiger partial charge in [-0.3, -0.25) is 0 Å². The first-order chi connectivity index (χ1) is 8.61. The molecule has 0 radical (unpaired) electrons. The standard InChI is InChI=1S/C18H20/c1-12-6-13(2)8-15(7-12)11-17-10-14(3)9-16-4-5-18(16)17/h6-10H,4-5,11H2,1-3H3. The lowest BCUT2D eigenvalue weighted by molar-refractivity contribution is 0.815. The Morgan fingerprint density at radius 3 is 2.06 bits per heavy atom. The smallest absolute Gasteiger partial charge is 0.00226 e. The summed E-state index contributed by atoms with van der Waals surface area (Å²) >= 11 is 0. The maximum absolute atomic E-state index is 2.37. The fourth-order valence-electron chi connectivity index (χ4n) is 3.15. The van der Waals surface area contributed by atoms with Crippen molar-refractivity contribution in [3.05, 3.63) is 69.3 Å². The van der Waals surface area contributed by atoms with E-state index in [1.807, 2.05) is 0 Å². The predicted octanol–water partition coefficient (Wildman–Crippen LogP) is 4.30. The topological polar surface area (TPSA) is 0 Å². The van der Waals surface area contributed by atoms with Gasteiger partial charge in [-0.25, -0.2) is 0 Å². The van der Waals surface area contributed by atoms with Crippen LogP contribution in [0.25, 0.3) is 0 Å². The summed E-state index contributed by atoms with van der Waals surface area (Å²) in [5, 5.41) is 0. The van der Waals surface area contributed by atoms with Gasteiger partial charge in [-0.05, 0) is 62.3 Å². The number of aryl methyl sites for hydroxylation is 4. The van der Waals surface area contributed by atoms with Gasteiger partial charge >= 0.3 is 0 Å². The highest BCUT2D eigenvalue weighted by atomic mass is 14.2. The summed E-state index contributed by atoms with van der Waals surface area (Å²) in [6.07, 6.45) is 3.64. The number of rotatable bonds is 2. The van der Waals surface area contributed by atoms with Crippen molar-refractivity contribution < 1.29 is 0 Å². The molecule has 0 heterocycles. The van der Waals surface area contributed by atoms with Crippen LogP contribution in [0.1, 0.15) is 38.9 Å². The van der Waals surface area contributed by atoms with Crippen molar-refractivity contribution in [3.8, 4) is 0 Å². The van der Waals surface area contributed by atoms with Gasteiger partial charge in [-0.1, -0.05) is 47.0 Å². The third kappa shape index (κ3) is 2.08. The third-order valence-corrected chi connectivity index (χ3v) is 3.90. The van der Waals surface area contributed by atoms with E-state index in [1.54, 1.807) is 16.7 Å². The molecule has 0 heteroatoms. The molecule has 3 rings (SSSR count). The van der Waals surface area contributed by atoms with Crippen molar-refractivity contribution in [3.63, 3.8) is 0 Å². The highest BCUT2D eigenvalue weighted by molar-refractivity contribution is 5.47. The van der Waals surface area contributed by atoms with Gasteiger partial charge in [0.1, 0.15) is 0 Å². The minimum Gasteiger partial charge on any atom is -0.0564 e. The molecular formula is C18H20. The van der Waals surface area contributed by atoms with E-state index in [9.17, 15) is 0 Å². The average molecular weight is 236 g/mol. The highest BCUT2D eigenvalue weighted by Crippen LogP contribution is 2.29. The maximum Gasteiger partial charge on any atom is -0.00226 e. The Morgan fingerprint density at radius 1 is 0.778 bits per heavy atom. The summed E-state index contributed by atoms with van der Waals surface area (Å²) in [4.78, 5) is 0. The van der Waals surface area contributed by atoms with Gasteiger partial charge in [0.05, 0.1) is 0 Å². The van der Waals surface area contributed by atoms with Gasteiger partial charge in [0, 0.05) is 0 Å². The lowest BCUT2D eigenvalue weighted by Gasteiger charge is -2.24. The van der Waals surface area contributed by atoms with Crippen molar-refractivity contribution in [1.29, 1.82) is 0 Å². The van der Waals surface area contributed by atoms with Crippen LogP contribution in [0.15, 0.2) is 30.3 Å². The SMILES string of the molecule is Cc1cc(C)cc(Cc2cc(C)cc3c2CC3)c1. The van der Waals surface area contributed by atoms with E-state index in [0.29, 0.717) is 0 Å². The van der Waals surface area contributed by atoms with Gasteiger partial charge in [0.15, 0.2) is 0 Å². The van der Waals surface area contributed by atoms with Gasteiger partial charge in [0.2, 0.25) is 0 Å². The summed E-state index contributed by atoms with van der Waals surface area (Å²) < 4.78 is 0. The van der Waals surface area contributed by atoms with Crippen LogP contribution in [0.3, 0.4) is 0 Å². The van der Waals surface area contributed by atoms with Crippen LogP contribution in [-0.4, -0.2) is 0 Å². The minimum absolute atomic E-state index is 1.09. The van der Waals surface area contributed by atoms with Crippen LogP contribution < -0.4 is 0 Å². The molecule has 0 saturated carbocycles. The molecule has 0 N–H and O–H groups in total. The quantitative estimate of drug-likeness (QED) is 0.729. The molecule has 0 unspecified atom stereocenters. The van der Waals surface area contributed by atoms with E-state index in [2.05, 4.69) is 51.1 Å². The van der Waals surface area contributed by atoms with E-state index in [1.165, 1.54) is 35.1 Å². The fourth-order valence-corrected chi connectivity index (χ4v) is 3.15. The van der Waals surface area contributed by atoms with Gasteiger partial charge < -0.3 is 0 Å². The van der Waals surface area contributed by atoms with Crippen molar-refractivity contribution in [2.75, 3.05) is 0 Å². The van der Waals surface area contributed by atoms with Gasteiger partial charge in [-0.15, -0.1) is 0 Å². The molecule has 1 aliphatic carbocycles. The van der Waals surface area contributed by atoms with E-state index < -0.39 is 0 Å². The van der Waals surface area contributed by atoms with Gasteiger partial charge in [0.25, 0.3) is 0 Å². The molecule has 0 fully saturated rings. The van der Waals surface area contributed by atoms with E-state index in [-0.39, 0.29) is 0 Å². The second-order valence-electron chi connectivity index (χ2n) is 5.73. The lowest BCUT2D eigenvalue weighted by atomic mass is 9.81. The Hall–Kier alpha value is -1.56. The maximum atomic E-state index is 2.37. The Kier molecular flexibility index (Phi) is 2.74. The molecule has 0 saturated heterocycles. The van der Waals surface area contributed by atoms with E-state index in [0.717, 1.165) is 6.42 Å². The van der Waals surface area contributed by atoms with Crippen LogP contribution in [0.4, 0.5) is 0 Å². The summed E-state index contributed by atoms with van der Waals surface area (Å²) in [5.74, 6) is 0. The molecule has 0 amide bonds. The molecule has 0 atom stereocenters. The van der Waals surface area contributed by atoms with Crippen molar-refractivity contribution in [2.24, 2.45) is 0 Å². The summed E-state index contributed by atoms with van der Waals surface area (Å²) in [6, 6.07) is 11.6. The zero-order valence-corrected chi connectivity index (χ0v) is 11.5. The van der Waals surface area contributed by atoms with Crippen molar-refractivity contribution in [1.82, 2.24) is 0 Å². The molecule has 92 valence electrons. The molecular weight excluding hydrogens is 216 g/mol. The average Bonchev–Trinajstić information content (AvgIpc) is 2.21. The first-order valence-corrected chi connectivity index (χ1v) is 6.80. The number of fused-ring (bicyclic) bond motifs is 1. The zero-order valence-electron chi connectivity index (χ0n) is 11.5. The molecule has 0 bridgehead atoms. The molecule has 18 heavy (non-hydrogen) atoms. The Bertz CT molecular complexity index is 585. The van der Waals surface area contributed by atoms with Crippen LogP contribution >= 0.6 is 0 Å². The Labute approximate surface area is 110 Å². The second-order valence-corrected chi connectivity index (χ2v) is 5.73. The van der Waals surface area contributed by atoms with Crippen LogP contribution in [-0.2, 0) is 19.3 Å². The number of hydrogen-bond donors (Lipinski definition) is 0. The molecule has 2 aromatic rings. The lowest BCUT2D eigenvalue weighted by Crippen LogP contribution is -2.12.